The average molecular weight is 313 g/mol. The molecule has 92 valence electrons. The quantitative estimate of drug-likeness (QED) is 0.901. The molecule has 0 spiro atoms. The van der Waals surface area contributed by atoms with Crippen LogP contribution in [0.15, 0.2) is 22.7 Å². The van der Waals surface area contributed by atoms with Crippen molar-refractivity contribution in [2.45, 2.75) is 19.9 Å². The number of hydrogen-bond donors (Lipinski definition) is 2. The zero-order valence-corrected chi connectivity index (χ0v) is 11.6. The van der Waals surface area contributed by atoms with Crippen LogP contribution < -0.4 is 5.73 Å². The van der Waals surface area contributed by atoms with Gasteiger partial charge in [-0.1, -0.05) is 26.0 Å². The molecule has 5 heteroatoms. The van der Waals surface area contributed by atoms with Gasteiger partial charge in [-0.3, -0.25) is 0 Å². The Morgan fingerprint density at radius 2 is 2.06 bits per heavy atom. The minimum Gasteiger partial charge on any atom is -0.396 e. The van der Waals surface area contributed by atoms with Gasteiger partial charge in [0.25, 0.3) is 0 Å². The van der Waals surface area contributed by atoms with Crippen molar-refractivity contribution in [2.75, 3.05) is 6.61 Å². The van der Waals surface area contributed by atoms with Crippen LogP contribution in [0.1, 0.15) is 25.5 Å². The molecule has 1 aromatic rings. The molecular weight excluding hydrogens is 296 g/mol. The van der Waals surface area contributed by atoms with E-state index in [-0.39, 0.29) is 24.8 Å². The van der Waals surface area contributed by atoms with Gasteiger partial charge in [0.1, 0.15) is 5.82 Å². The van der Waals surface area contributed by atoms with Crippen LogP contribution in [0.4, 0.5) is 4.39 Å². The first-order valence-corrected chi connectivity index (χ1v) is 5.50. The molecule has 16 heavy (non-hydrogen) atoms. The molecule has 0 aliphatic heterocycles. The number of rotatable bonds is 3. The average Bonchev–Trinajstić information content (AvgIpc) is 2.21. The highest BCUT2D eigenvalue weighted by Gasteiger charge is 2.29. The van der Waals surface area contributed by atoms with E-state index in [1.807, 2.05) is 0 Å². The highest BCUT2D eigenvalue weighted by Crippen LogP contribution is 2.33. The summed E-state index contributed by atoms with van der Waals surface area (Å²) in [4.78, 5) is 0. The third-order valence-corrected chi connectivity index (χ3v) is 3.18. The van der Waals surface area contributed by atoms with Crippen molar-refractivity contribution in [1.29, 1.82) is 0 Å². The molecule has 0 amide bonds. The number of aliphatic hydroxyl groups excluding tert-OH is 1. The Labute approximate surface area is 110 Å². The van der Waals surface area contributed by atoms with Gasteiger partial charge in [0.2, 0.25) is 0 Å². The van der Waals surface area contributed by atoms with Crippen LogP contribution in [0, 0.1) is 11.2 Å². The number of aliphatic hydroxyl groups is 1. The molecule has 1 aromatic carbocycles. The third kappa shape index (κ3) is 3.17. The Bertz CT molecular complexity index is 360. The smallest absolute Gasteiger partial charge is 0.142 e. The van der Waals surface area contributed by atoms with Crippen molar-refractivity contribution < 1.29 is 9.50 Å². The Hall–Kier alpha value is -0.160. The molecule has 0 saturated carbocycles. The van der Waals surface area contributed by atoms with Crippen LogP contribution in [-0.2, 0) is 0 Å². The minimum absolute atomic E-state index is 0. The van der Waals surface area contributed by atoms with Crippen molar-refractivity contribution in [3.05, 3.63) is 34.1 Å². The van der Waals surface area contributed by atoms with Crippen molar-refractivity contribution in [3.8, 4) is 0 Å². The van der Waals surface area contributed by atoms with Crippen LogP contribution in [-0.4, -0.2) is 11.7 Å². The van der Waals surface area contributed by atoms with Gasteiger partial charge >= 0.3 is 0 Å². The molecule has 0 aliphatic carbocycles. The standard InChI is InChI=1S/C11H15BrFNO.ClH/c1-11(2,6-15)10(14)7-4-3-5-8(12)9(7)13;/h3-5,10,15H,6,14H2,1-2H3;1H/t10-;/m0./s1. The zero-order valence-electron chi connectivity index (χ0n) is 9.21. The summed E-state index contributed by atoms with van der Waals surface area (Å²) in [7, 11) is 0. The Morgan fingerprint density at radius 3 is 2.56 bits per heavy atom. The van der Waals surface area contributed by atoms with E-state index in [0.29, 0.717) is 10.0 Å². The normalized spacial score (nSPS) is 13.1. The maximum absolute atomic E-state index is 13.7. The first-order valence-electron chi connectivity index (χ1n) is 4.70. The molecule has 0 unspecified atom stereocenters. The third-order valence-electron chi connectivity index (χ3n) is 2.57. The van der Waals surface area contributed by atoms with E-state index in [9.17, 15) is 9.50 Å². The van der Waals surface area contributed by atoms with Crippen molar-refractivity contribution >= 4 is 28.3 Å². The Morgan fingerprint density at radius 1 is 1.50 bits per heavy atom. The van der Waals surface area contributed by atoms with E-state index in [1.54, 1.807) is 32.0 Å². The summed E-state index contributed by atoms with van der Waals surface area (Å²) >= 11 is 3.11. The molecule has 0 heterocycles. The Kier molecular flexibility index (Phi) is 5.90. The number of hydrogen-bond acceptors (Lipinski definition) is 2. The van der Waals surface area contributed by atoms with Gasteiger partial charge in [-0.2, -0.15) is 0 Å². The summed E-state index contributed by atoms with van der Waals surface area (Å²) in [6.45, 7) is 3.52. The van der Waals surface area contributed by atoms with Crippen molar-refractivity contribution in [1.82, 2.24) is 0 Å². The van der Waals surface area contributed by atoms with E-state index in [2.05, 4.69) is 15.9 Å². The first kappa shape index (κ1) is 15.8. The topological polar surface area (TPSA) is 46.2 Å². The summed E-state index contributed by atoms with van der Waals surface area (Å²) in [5.74, 6) is -0.355. The lowest BCUT2D eigenvalue weighted by Gasteiger charge is -2.30. The second kappa shape index (κ2) is 5.96. The highest BCUT2D eigenvalue weighted by atomic mass is 79.9. The van der Waals surface area contributed by atoms with E-state index in [1.165, 1.54) is 0 Å². The van der Waals surface area contributed by atoms with Crippen LogP contribution in [0.2, 0.25) is 0 Å². The number of nitrogens with two attached hydrogens (primary N) is 1. The predicted molar refractivity (Wildman–Crippen MR) is 69.1 cm³/mol. The van der Waals surface area contributed by atoms with E-state index in [4.69, 9.17) is 5.73 Å². The molecule has 0 radical (unpaired) electrons. The largest absolute Gasteiger partial charge is 0.396 e. The predicted octanol–water partition coefficient (Wildman–Crippen LogP) is 3.03. The molecule has 0 fully saturated rings. The summed E-state index contributed by atoms with van der Waals surface area (Å²) in [5.41, 5.74) is 5.81. The molecule has 0 aromatic heterocycles. The van der Waals surface area contributed by atoms with Gasteiger partial charge in [0, 0.05) is 23.6 Å². The van der Waals surface area contributed by atoms with Gasteiger partial charge in [-0.15, -0.1) is 12.4 Å². The van der Waals surface area contributed by atoms with Crippen LogP contribution >= 0.6 is 28.3 Å². The van der Waals surface area contributed by atoms with Gasteiger partial charge in [-0.05, 0) is 22.0 Å². The SMILES string of the molecule is CC(C)(CO)[C@@H](N)c1cccc(Br)c1F.Cl. The molecule has 0 bridgehead atoms. The molecule has 0 aliphatic rings. The van der Waals surface area contributed by atoms with Gasteiger partial charge in [0.15, 0.2) is 0 Å². The van der Waals surface area contributed by atoms with Crippen LogP contribution in [0.25, 0.3) is 0 Å². The van der Waals surface area contributed by atoms with E-state index < -0.39 is 11.5 Å². The fourth-order valence-electron chi connectivity index (χ4n) is 1.28. The summed E-state index contributed by atoms with van der Waals surface area (Å²) in [6.07, 6.45) is 0. The maximum atomic E-state index is 13.7. The zero-order chi connectivity index (χ0) is 11.6. The second-order valence-corrected chi connectivity index (χ2v) is 5.12. The summed E-state index contributed by atoms with van der Waals surface area (Å²) in [5, 5.41) is 9.17. The lowest BCUT2D eigenvalue weighted by atomic mass is 9.81. The lowest BCUT2D eigenvalue weighted by Crippen LogP contribution is -2.33. The minimum atomic E-state index is -0.540. The first-order chi connectivity index (χ1) is 6.90. The molecule has 1 atom stereocenters. The van der Waals surface area contributed by atoms with Crippen molar-refractivity contribution in [2.24, 2.45) is 11.1 Å². The fourth-order valence-corrected chi connectivity index (χ4v) is 1.66. The Balaban J connectivity index is 0.00000225. The van der Waals surface area contributed by atoms with Gasteiger partial charge < -0.3 is 10.8 Å². The summed E-state index contributed by atoms with van der Waals surface area (Å²) in [6, 6.07) is 4.47. The van der Waals surface area contributed by atoms with E-state index >= 15 is 0 Å². The van der Waals surface area contributed by atoms with Crippen LogP contribution in [0.5, 0.6) is 0 Å². The maximum Gasteiger partial charge on any atom is 0.142 e. The highest BCUT2D eigenvalue weighted by molar-refractivity contribution is 9.10. The number of halogens is 3. The van der Waals surface area contributed by atoms with Gasteiger partial charge in [-0.25, -0.2) is 4.39 Å². The monoisotopic (exact) mass is 311 g/mol. The number of benzene rings is 1. The van der Waals surface area contributed by atoms with Crippen LogP contribution in [0.3, 0.4) is 0 Å². The van der Waals surface area contributed by atoms with Crippen molar-refractivity contribution in [3.63, 3.8) is 0 Å². The molecule has 3 N–H and O–H groups in total. The molecular formula is C11H16BrClFNO. The molecule has 0 saturated heterocycles. The van der Waals surface area contributed by atoms with E-state index in [0.717, 1.165) is 0 Å². The lowest BCUT2D eigenvalue weighted by molar-refractivity contribution is 0.130. The molecule has 1 rings (SSSR count). The second-order valence-electron chi connectivity index (χ2n) is 4.27. The summed E-state index contributed by atoms with van der Waals surface area (Å²) < 4.78 is 14.1. The fraction of sp³-hybridized carbons (Fsp3) is 0.455. The van der Waals surface area contributed by atoms with Gasteiger partial charge in [0.05, 0.1) is 4.47 Å². The molecule has 2 nitrogen and oxygen atoms in total.